The van der Waals surface area contributed by atoms with Crippen LogP contribution in [0.1, 0.15) is 30.3 Å². The van der Waals surface area contributed by atoms with Crippen LogP contribution in [0.5, 0.6) is 0 Å². The average molecular weight is 326 g/mol. The highest BCUT2D eigenvalue weighted by Gasteiger charge is 2.30. The molecule has 0 spiro atoms. The van der Waals surface area contributed by atoms with Crippen LogP contribution in [0.4, 0.5) is 0 Å². The minimum absolute atomic E-state index is 0.120. The first-order valence-corrected chi connectivity index (χ1v) is 8.01. The summed E-state index contributed by atoms with van der Waals surface area (Å²) in [6.07, 6.45) is 2.02. The predicted molar refractivity (Wildman–Crippen MR) is 86.1 cm³/mol. The van der Waals surface area contributed by atoms with E-state index in [1.54, 1.807) is 0 Å². The van der Waals surface area contributed by atoms with Gasteiger partial charge in [0.25, 0.3) is 0 Å². The molecule has 0 bridgehead atoms. The van der Waals surface area contributed by atoms with E-state index in [-0.39, 0.29) is 6.04 Å². The van der Waals surface area contributed by atoms with Crippen molar-refractivity contribution in [3.8, 4) is 11.5 Å². The van der Waals surface area contributed by atoms with E-state index >= 15 is 0 Å². The van der Waals surface area contributed by atoms with Gasteiger partial charge in [0.05, 0.1) is 11.7 Å². The van der Waals surface area contributed by atoms with Crippen molar-refractivity contribution in [2.24, 2.45) is 0 Å². The highest BCUT2D eigenvalue weighted by Crippen LogP contribution is 2.32. The van der Waals surface area contributed by atoms with Gasteiger partial charge in [-0.05, 0) is 31.9 Å². The Hall–Kier alpha value is -2.67. The predicted octanol–water partition coefficient (Wildman–Crippen LogP) is 2.59. The topological polar surface area (TPSA) is 77.3 Å². The summed E-state index contributed by atoms with van der Waals surface area (Å²) in [5.74, 6) is 0.727. The van der Waals surface area contributed by atoms with E-state index < -0.39 is 5.76 Å². The zero-order valence-corrected chi connectivity index (χ0v) is 13.4. The van der Waals surface area contributed by atoms with Crippen molar-refractivity contribution in [2.75, 3.05) is 6.54 Å². The maximum absolute atomic E-state index is 12.1. The van der Waals surface area contributed by atoms with Gasteiger partial charge < -0.3 is 8.94 Å². The van der Waals surface area contributed by atoms with E-state index in [0.717, 1.165) is 36.4 Å². The van der Waals surface area contributed by atoms with Crippen LogP contribution in [0.15, 0.2) is 50.1 Å². The van der Waals surface area contributed by atoms with Gasteiger partial charge in [0.15, 0.2) is 5.76 Å². The summed E-state index contributed by atoms with van der Waals surface area (Å²) in [6.45, 7) is 3.16. The molecule has 0 saturated carbocycles. The summed E-state index contributed by atoms with van der Waals surface area (Å²) < 4.78 is 12.1. The lowest BCUT2D eigenvalue weighted by molar-refractivity contribution is 0.159. The Bertz CT molecular complexity index is 881. The molecular formula is C17H18N4O3. The zero-order chi connectivity index (χ0) is 16.5. The van der Waals surface area contributed by atoms with Crippen molar-refractivity contribution in [3.05, 3.63) is 58.4 Å². The van der Waals surface area contributed by atoms with Gasteiger partial charge in [-0.3, -0.25) is 4.90 Å². The Morgan fingerprint density at radius 1 is 1.29 bits per heavy atom. The summed E-state index contributed by atoms with van der Waals surface area (Å²) in [6, 6.07) is 11.5. The number of aryl methyl sites for hydroxylation is 1. The first kappa shape index (κ1) is 14.9. The molecule has 24 heavy (non-hydrogen) atoms. The van der Waals surface area contributed by atoms with Crippen LogP contribution in [-0.4, -0.2) is 26.4 Å². The lowest BCUT2D eigenvalue weighted by atomic mass is 10.1. The quantitative estimate of drug-likeness (QED) is 0.733. The minimum Gasteiger partial charge on any atom is -0.388 e. The Morgan fingerprint density at radius 3 is 2.88 bits per heavy atom. The van der Waals surface area contributed by atoms with Gasteiger partial charge in [-0.15, -0.1) is 5.10 Å². The van der Waals surface area contributed by atoms with Gasteiger partial charge in [0.1, 0.15) is 6.67 Å². The molecule has 4 rings (SSSR count). The number of rotatable bonds is 4. The molecule has 1 saturated heterocycles. The fourth-order valence-corrected chi connectivity index (χ4v) is 3.12. The van der Waals surface area contributed by atoms with Crippen LogP contribution in [0, 0.1) is 6.92 Å². The Morgan fingerprint density at radius 2 is 2.12 bits per heavy atom. The largest absolute Gasteiger partial charge is 0.438 e. The molecule has 7 heteroatoms. The molecule has 3 heterocycles. The third-order valence-electron chi connectivity index (χ3n) is 4.28. The van der Waals surface area contributed by atoms with Crippen LogP contribution in [0.3, 0.4) is 0 Å². The maximum atomic E-state index is 12.1. The van der Waals surface area contributed by atoms with Gasteiger partial charge in [-0.2, -0.15) is 4.68 Å². The first-order valence-electron chi connectivity index (χ1n) is 8.01. The van der Waals surface area contributed by atoms with Gasteiger partial charge >= 0.3 is 5.76 Å². The van der Waals surface area contributed by atoms with E-state index in [1.165, 1.54) is 4.68 Å². The molecule has 3 aromatic rings. The molecule has 1 aliphatic rings. The van der Waals surface area contributed by atoms with Crippen molar-refractivity contribution < 1.29 is 8.94 Å². The van der Waals surface area contributed by atoms with E-state index in [2.05, 4.69) is 15.2 Å². The number of hydrogen-bond acceptors (Lipinski definition) is 6. The second-order valence-corrected chi connectivity index (χ2v) is 6.02. The third kappa shape index (κ3) is 2.78. The molecule has 0 aliphatic carbocycles. The summed E-state index contributed by atoms with van der Waals surface area (Å²) >= 11 is 0. The van der Waals surface area contributed by atoms with Crippen LogP contribution < -0.4 is 5.76 Å². The SMILES string of the molecule is Cc1cc([C@@H]2CCCN2Cn2nc(-c3ccccc3)oc2=O)on1. The number of likely N-dealkylation sites (tertiary alicyclic amines) is 1. The molecule has 1 aromatic carbocycles. The van der Waals surface area contributed by atoms with Crippen LogP contribution in [0.2, 0.25) is 0 Å². The fourth-order valence-electron chi connectivity index (χ4n) is 3.12. The summed E-state index contributed by atoms with van der Waals surface area (Å²) in [5.41, 5.74) is 1.65. The first-order chi connectivity index (χ1) is 11.7. The lowest BCUT2D eigenvalue weighted by Crippen LogP contribution is -2.31. The molecule has 1 atom stereocenters. The van der Waals surface area contributed by atoms with Gasteiger partial charge in [-0.1, -0.05) is 23.4 Å². The van der Waals surface area contributed by atoms with E-state index in [1.807, 2.05) is 43.3 Å². The van der Waals surface area contributed by atoms with Gasteiger partial charge in [-0.25, -0.2) is 4.79 Å². The summed E-state index contributed by atoms with van der Waals surface area (Å²) in [4.78, 5) is 14.3. The van der Waals surface area contributed by atoms with Crippen molar-refractivity contribution in [2.45, 2.75) is 32.5 Å². The highest BCUT2D eigenvalue weighted by atomic mass is 16.5. The molecule has 0 amide bonds. The molecule has 0 N–H and O–H groups in total. The van der Waals surface area contributed by atoms with E-state index in [0.29, 0.717) is 12.6 Å². The number of aromatic nitrogens is 3. The molecule has 124 valence electrons. The lowest BCUT2D eigenvalue weighted by Gasteiger charge is -2.20. The van der Waals surface area contributed by atoms with Gasteiger partial charge in [0.2, 0.25) is 5.89 Å². The van der Waals surface area contributed by atoms with Crippen molar-refractivity contribution in [1.29, 1.82) is 0 Å². The van der Waals surface area contributed by atoms with Crippen LogP contribution >= 0.6 is 0 Å². The van der Waals surface area contributed by atoms with Gasteiger partial charge in [0, 0.05) is 18.2 Å². The molecule has 0 radical (unpaired) electrons. The number of hydrogen-bond donors (Lipinski definition) is 0. The number of benzene rings is 1. The van der Waals surface area contributed by atoms with E-state index in [4.69, 9.17) is 8.94 Å². The second-order valence-electron chi connectivity index (χ2n) is 6.02. The summed E-state index contributed by atoms with van der Waals surface area (Å²) in [7, 11) is 0. The molecule has 7 nitrogen and oxygen atoms in total. The minimum atomic E-state index is -0.451. The Labute approximate surface area is 138 Å². The monoisotopic (exact) mass is 326 g/mol. The Kier molecular flexibility index (Phi) is 3.78. The summed E-state index contributed by atoms with van der Waals surface area (Å²) in [5, 5.41) is 8.29. The van der Waals surface area contributed by atoms with E-state index in [9.17, 15) is 4.79 Å². The maximum Gasteiger partial charge on any atom is 0.438 e. The average Bonchev–Trinajstić information content (AvgIpc) is 3.30. The van der Waals surface area contributed by atoms with Crippen molar-refractivity contribution in [1.82, 2.24) is 19.8 Å². The number of nitrogens with zero attached hydrogens (tertiary/aromatic N) is 4. The van der Waals surface area contributed by atoms with Crippen molar-refractivity contribution >= 4 is 0 Å². The van der Waals surface area contributed by atoms with Crippen LogP contribution in [0.25, 0.3) is 11.5 Å². The fraction of sp³-hybridized carbons (Fsp3) is 0.353. The van der Waals surface area contributed by atoms with Crippen LogP contribution in [-0.2, 0) is 6.67 Å². The highest BCUT2D eigenvalue weighted by molar-refractivity contribution is 5.51. The third-order valence-corrected chi connectivity index (χ3v) is 4.28. The Balaban J connectivity index is 1.57. The smallest absolute Gasteiger partial charge is 0.388 e. The molecule has 2 aromatic heterocycles. The van der Waals surface area contributed by atoms with Crippen molar-refractivity contribution in [3.63, 3.8) is 0 Å². The second kappa shape index (κ2) is 6.09. The molecule has 1 fully saturated rings. The normalized spacial score (nSPS) is 18.3. The zero-order valence-electron chi connectivity index (χ0n) is 13.4. The standard InChI is InChI=1S/C17H18N4O3/c1-12-10-15(24-19-12)14-8-5-9-20(14)11-21-17(22)23-16(18-21)13-6-3-2-4-7-13/h2-4,6-7,10,14H,5,8-9,11H2,1H3/t14-/m0/s1. The molecule has 0 unspecified atom stereocenters. The molecular weight excluding hydrogens is 308 g/mol. The molecule has 1 aliphatic heterocycles.